The molecular formula is C12H24N2O2S. The molecule has 0 radical (unpaired) electrons. The molecule has 0 aliphatic carbocycles. The summed E-state index contributed by atoms with van der Waals surface area (Å²) in [6.07, 6.45) is 2.22. The van der Waals surface area contributed by atoms with Gasteiger partial charge in [-0.15, -0.1) is 0 Å². The predicted molar refractivity (Wildman–Crippen MR) is 73.9 cm³/mol. The maximum Gasteiger partial charge on any atom is 0.156 e. The van der Waals surface area contributed by atoms with E-state index in [1.165, 1.54) is 5.75 Å². The van der Waals surface area contributed by atoms with Gasteiger partial charge in [-0.05, 0) is 18.8 Å². The number of hydrogen-bond donors (Lipinski definition) is 1. The molecular weight excluding hydrogens is 236 g/mol. The van der Waals surface area contributed by atoms with Crippen LogP contribution in [0.2, 0.25) is 0 Å². The highest BCUT2D eigenvalue weighted by Crippen LogP contribution is 2.15. The van der Waals surface area contributed by atoms with Gasteiger partial charge in [0.25, 0.3) is 0 Å². The van der Waals surface area contributed by atoms with E-state index in [4.69, 9.17) is 9.47 Å². The van der Waals surface area contributed by atoms with Gasteiger partial charge >= 0.3 is 0 Å². The summed E-state index contributed by atoms with van der Waals surface area (Å²) in [4.78, 5) is 4.49. The molecule has 0 aromatic heterocycles. The fourth-order valence-corrected chi connectivity index (χ4v) is 2.35. The smallest absolute Gasteiger partial charge is 0.156 e. The van der Waals surface area contributed by atoms with Crippen LogP contribution in [0.1, 0.15) is 19.8 Å². The Kier molecular flexibility index (Phi) is 8.48. The van der Waals surface area contributed by atoms with E-state index in [9.17, 15) is 0 Å². The van der Waals surface area contributed by atoms with Crippen molar-refractivity contribution in [1.29, 1.82) is 0 Å². The molecule has 1 atom stereocenters. The molecule has 0 spiro atoms. The predicted octanol–water partition coefficient (Wildman–Crippen LogP) is 1.76. The molecule has 1 rings (SSSR count). The summed E-state index contributed by atoms with van der Waals surface area (Å²) in [7, 11) is 1.69. The normalized spacial score (nSPS) is 20.1. The third kappa shape index (κ3) is 7.63. The quantitative estimate of drug-likeness (QED) is 0.675. The van der Waals surface area contributed by atoms with Gasteiger partial charge in [-0.1, -0.05) is 18.7 Å². The second-order valence-electron chi connectivity index (χ2n) is 4.30. The van der Waals surface area contributed by atoms with Gasteiger partial charge in [0.2, 0.25) is 0 Å². The van der Waals surface area contributed by atoms with Crippen LogP contribution in [-0.2, 0) is 9.47 Å². The second kappa shape index (κ2) is 9.74. The molecule has 1 unspecified atom stereocenters. The van der Waals surface area contributed by atoms with Gasteiger partial charge in [-0.3, -0.25) is 4.99 Å². The third-order valence-electron chi connectivity index (χ3n) is 2.47. The van der Waals surface area contributed by atoms with Crippen molar-refractivity contribution in [2.75, 3.05) is 45.8 Å². The first-order valence-electron chi connectivity index (χ1n) is 6.30. The van der Waals surface area contributed by atoms with E-state index in [-0.39, 0.29) is 0 Å². The van der Waals surface area contributed by atoms with Gasteiger partial charge in [-0.25, -0.2) is 0 Å². The van der Waals surface area contributed by atoms with Crippen LogP contribution in [0.3, 0.4) is 0 Å². The number of aliphatic imine (C=N–C) groups is 1. The van der Waals surface area contributed by atoms with Gasteiger partial charge < -0.3 is 14.8 Å². The van der Waals surface area contributed by atoms with Crippen molar-refractivity contribution in [2.45, 2.75) is 19.8 Å². The van der Waals surface area contributed by atoms with Crippen molar-refractivity contribution in [3.05, 3.63) is 0 Å². The van der Waals surface area contributed by atoms with Crippen molar-refractivity contribution in [1.82, 2.24) is 5.32 Å². The van der Waals surface area contributed by atoms with E-state index in [0.717, 1.165) is 43.6 Å². The Morgan fingerprint density at radius 3 is 2.94 bits per heavy atom. The van der Waals surface area contributed by atoms with Crippen molar-refractivity contribution in [3.63, 3.8) is 0 Å². The number of amidine groups is 1. The molecule has 17 heavy (non-hydrogen) atoms. The second-order valence-corrected chi connectivity index (χ2v) is 5.31. The molecule has 0 aromatic rings. The summed E-state index contributed by atoms with van der Waals surface area (Å²) in [5.74, 6) is 1.91. The summed E-state index contributed by atoms with van der Waals surface area (Å²) in [6.45, 7) is 6.41. The van der Waals surface area contributed by atoms with E-state index in [1.54, 1.807) is 7.11 Å². The summed E-state index contributed by atoms with van der Waals surface area (Å²) in [5.41, 5.74) is 0. The summed E-state index contributed by atoms with van der Waals surface area (Å²) in [5, 5.41) is 4.49. The van der Waals surface area contributed by atoms with Gasteiger partial charge in [-0.2, -0.15) is 0 Å². The minimum Gasteiger partial charge on any atom is -0.382 e. The molecule has 100 valence electrons. The van der Waals surface area contributed by atoms with Crippen LogP contribution >= 0.6 is 11.8 Å². The Morgan fingerprint density at radius 2 is 2.24 bits per heavy atom. The lowest BCUT2D eigenvalue weighted by molar-refractivity contribution is 0.0689. The molecule has 0 amide bonds. The van der Waals surface area contributed by atoms with Gasteiger partial charge in [0.05, 0.1) is 13.2 Å². The molecule has 5 heteroatoms. The van der Waals surface area contributed by atoms with Crippen molar-refractivity contribution in [2.24, 2.45) is 10.9 Å². The first-order chi connectivity index (χ1) is 8.33. The van der Waals surface area contributed by atoms with E-state index in [0.29, 0.717) is 13.2 Å². The van der Waals surface area contributed by atoms with E-state index in [1.807, 2.05) is 11.8 Å². The molecule has 0 saturated heterocycles. The van der Waals surface area contributed by atoms with Crippen LogP contribution in [0.15, 0.2) is 4.99 Å². The lowest BCUT2D eigenvalue weighted by Gasteiger charge is -2.17. The van der Waals surface area contributed by atoms with Crippen LogP contribution in [-0.4, -0.2) is 50.9 Å². The number of unbranched alkanes of at least 4 members (excludes halogenated alkanes) is 1. The first-order valence-corrected chi connectivity index (χ1v) is 7.29. The summed E-state index contributed by atoms with van der Waals surface area (Å²) < 4.78 is 10.3. The Hall–Kier alpha value is -0.260. The topological polar surface area (TPSA) is 42.9 Å². The van der Waals surface area contributed by atoms with Gasteiger partial charge in [0.15, 0.2) is 5.17 Å². The largest absolute Gasteiger partial charge is 0.382 e. The average molecular weight is 260 g/mol. The minimum atomic E-state index is 0.684. The maximum atomic E-state index is 5.39. The summed E-state index contributed by atoms with van der Waals surface area (Å²) >= 11 is 1.84. The first kappa shape index (κ1) is 14.8. The number of nitrogens with zero attached hydrogens (tertiary/aromatic N) is 1. The Balaban J connectivity index is 1.87. The molecule has 0 bridgehead atoms. The van der Waals surface area contributed by atoms with Crippen LogP contribution in [0.5, 0.6) is 0 Å². The lowest BCUT2D eigenvalue weighted by atomic mass is 10.2. The highest BCUT2D eigenvalue weighted by atomic mass is 32.2. The van der Waals surface area contributed by atoms with Crippen molar-refractivity contribution in [3.8, 4) is 0 Å². The molecule has 1 heterocycles. The number of hydrogen-bond acceptors (Lipinski definition) is 5. The van der Waals surface area contributed by atoms with E-state index in [2.05, 4.69) is 17.2 Å². The fraction of sp³-hybridized carbons (Fsp3) is 0.917. The number of thioether (sulfide) groups is 1. The fourth-order valence-electron chi connectivity index (χ4n) is 1.43. The maximum absolute atomic E-state index is 5.39. The number of ether oxygens (including phenoxy) is 2. The summed E-state index contributed by atoms with van der Waals surface area (Å²) in [6, 6.07) is 0. The molecule has 0 fully saturated rings. The lowest BCUT2D eigenvalue weighted by Crippen LogP contribution is -2.27. The molecule has 1 N–H and O–H groups in total. The molecule has 1 aliphatic heterocycles. The zero-order chi connectivity index (χ0) is 12.3. The van der Waals surface area contributed by atoms with E-state index >= 15 is 0 Å². The number of rotatable bonds is 8. The monoisotopic (exact) mass is 260 g/mol. The number of methoxy groups -OCH3 is 1. The molecule has 0 aromatic carbocycles. The van der Waals surface area contributed by atoms with Crippen LogP contribution in [0.25, 0.3) is 0 Å². The molecule has 4 nitrogen and oxygen atoms in total. The van der Waals surface area contributed by atoms with E-state index < -0.39 is 0 Å². The zero-order valence-electron chi connectivity index (χ0n) is 10.9. The minimum absolute atomic E-state index is 0.684. The third-order valence-corrected chi connectivity index (χ3v) is 3.76. The molecule has 0 saturated carbocycles. The number of nitrogens with one attached hydrogen (secondary N) is 1. The Bertz CT molecular complexity index is 225. The van der Waals surface area contributed by atoms with Crippen LogP contribution < -0.4 is 5.32 Å². The highest BCUT2D eigenvalue weighted by Gasteiger charge is 2.10. The van der Waals surface area contributed by atoms with Crippen LogP contribution in [0.4, 0.5) is 0 Å². The van der Waals surface area contributed by atoms with Crippen molar-refractivity contribution >= 4 is 16.9 Å². The average Bonchev–Trinajstić information content (AvgIpc) is 2.35. The van der Waals surface area contributed by atoms with Gasteiger partial charge in [0.1, 0.15) is 0 Å². The van der Waals surface area contributed by atoms with Crippen LogP contribution in [0, 0.1) is 5.92 Å². The molecule has 1 aliphatic rings. The van der Waals surface area contributed by atoms with Gasteiger partial charge in [0, 0.05) is 32.6 Å². The standard InChI is InChI=1S/C12H24N2O2S/c1-11-9-14-12(17-10-11)13-5-3-4-6-16-8-7-15-2/h11H,3-10H2,1-2H3,(H,13,14). The zero-order valence-corrected chi connectivity index (χ0v) is 11.7. The SMILES string of the molecule is COCCOCCCCNC1=NCC(C)CS1. The highest BCUT2D eigenvalue weighted by molar-refractivity contribution is 8.13. The van der Waals surface area contributed by atoms with Crippen molar-refractivity contribution < 1.29 is 9.47 Å². The Labute approximate surface area is 109 Å². The Morgan fingerprint density at radius 1 is 1.35 bits per heavy atom.